The number of nitrogens with two attached hydrogens (primary N) is 1. The molecule has 1 heterocycles. The SMILES string of the molecule is NCc1cc(=O)[nH]n1C(=O)C(F)(F)F. The summed E-state index contributed by atoms with van der Waals surface area (Å²) in [7, 11) is 0. The number of H-pyrrole nitrogens is 1. The van der Waals surface area contributed by atoms with Crippen molar-refractivity contribution in [3.05, 3.63) is 22.1 Å². The number of carbonyl (C=O) groups excluding carboxylic acids is 1. The second-order valence-electron chi connectivity index (χ2n) is 2.45. The molecule has 78 valence electrons. The lowest BCUT2D eigenvalue weighted by Crippen LogP contribution is -2.32. The highest BCUT2D eigenvalue weighted by Crippen LogP contribution is 2.17. The van der Waals surface area contributed by atoms with Gasteiger partial charge in [0.05, 0.1) is 5.69 Å². The number of nitrogens with one attached hydrogen (secondary N) is 1. The van der Waals surface area contributed by atoms with E-state index in [9.17, 15) is 22.8 Å². The van der Waals surface area contributed by atoms with E-state index in [-0.39, 0.29) is 16.9 Å². The predicted molar refractivity (Wildman–Crippen MR) is 39.6 cm³/mol. The molecule has 0 aliphatic carbocycles. The molecule has 1 aromatic rings. The van der Waals surface area contributed by atoms with Gasteiger partial charge in [-0.05, 0) is 0 Å². The summed E-state index contributed by atoms with van der Waals surface area (Å²) in [5.74, 6) is -2.17. The van der Waals surface area contributed by atoms with Crippen molar-refractivity contribution in [1.82, 2.24) is 9.78 Å². The van der Waals surface area contributed by atoms with Gasteiger partial charge < -0.3 is 5.73 Å². The molecule has 8 heteroatoms. The van der Waals surface area contributed by atoms with Crippen molar-refractivity contribution in [1.29, 1.82) is 0 Å². The molecule has 0 spiro atoms. The Balaban J connectivity index is 3.19. The summed E-state index contributed by atoms with van der Waals surface area (Å²) in [6.45, 7) is -0.333. The van der Waals surface area contributed by atoms with Crippen molar-refractivity contribution in [2.45, 2.75) is 12.7 Å². The summed E-state index contributed by atoms with van der Waals surface area (Å²) < 4.78 is 35.9. The fraction of sp³-hybridized carbons (Fsp3) is 0.333. The van der Waals surface area contributed by atoms with Crippen LogP contribution in [0.5, 0.6) is 0 Å². The van der Waals surface area contributed by atoms with E-state index in [1.54, 1.807) is 5.10 Å². The number of carbonyl (C=O) groups is 1. The number of hydrogen-bond donors (Lipinski definition) is 2. The molecule has 0 amide bonds. The third-order valence-corrected chi connectivity index (χ3v) is 1.46. The lowest BCUT2D eigenvalue weighted by molar-refractivity contribution is -0.0957. The van der Waals surface area contributed by atoms with Gasteiger partial charge in [0.15, 0.2) is 0 Å². The van der Waals surface area contributed by atoms with E-state index >= 15 is 0 Å². The van der Waals surface area contributed by atoms with E-state index in [2.05, 4.69) is 0 Å². The number of rotatable bonds is 1. The average molecular weight is 209 g/mol. The molecular weight excluding hydrogens is 203 g/mol. The van der Waals surface area contributed by atoms with Gasteiger partial charge in [0, 0.05) is 12.6 Å². The summed E-state index contributed by atoms with van der Waals surface area (Å²) >= 11 is 0. The first-order valence-electron chi connectivity index (χ1n) is 3.49. The summed E-state index contributed by atoms with van der Waals surface area (Å²) in [5, 5.41) is 1.71. The highest BCUT2D eigenvalue weighted by Gasteiger charge is 2.41. The van der Waals surface area contributed by atoms with E-state index in [4.69, 9.17) is 5.73 Å². The third kappa shape index (κ3) is 1.84. The van der Waals surface area contributed by atoms with Crippen molar-refractivity contribution in [3.63, 3.8) is 0 Å². The number of halogens is 3. The Kier molecular flexibility index (Phi) is 2.47. The highest BCUT2D eigenvalue weighted by atomic mass is 19.4. The van der Waals surface area contributed by atoms with Crippen molar-refractivity contribution < 1.29 is 18.0 Å². The van der Waals surface area contributed by atoms with E-state index in [0.29, 0.717) is 0 Å². The molecule has 0 saturated heterocycles. The van der Waals surface area contributed by atoms with Crippen LogP contribution in [-0.4, -0.2) is 21.9 Å². The molecule has 0 aromatic carbocycles. The van der Waals surface area contributed by atoms with Gasteiger partial charge in [0.2, 0.25) is 0 Å². The Bertz CT molecular complexity index is 403. The van der Waals surface area contributed by atoms with Gasteiger partial charge in [-0.25, -0.2) is 4.68 Å². The Morgan fingerprint density at radius 3 is 2.57 bits per heavy atom. The second kappa shape index (κ2) is 3.29. The molecule has 5 nitrogen and oxygen atoms in total. The maximum atomic E-state index is 11.9. The summed E-state index contributed by atoms with van der Waals surface area (Å²) in [4.78, 5) is 21.3. The second-order valence-corrected chi connectivity index (χ2v) is 2.45. The monoisotopic (exact) mass is 209 g/mol. The summed E-state index contributed by atoms with van der Waals surface area (Å²) in [6.07, 6.45) is -5.04. The van der Waals surface area contributed by atoms with Gasteiger partial charge in [0.1, 0.15) is 0 Å². The molecule has 0 fully saturated rings. The van der Waals surface area contributed by atoms with E-state index < -0.39 is 17.6 Å². The number of nitrogens with zero attached hydrogens (tertiary/aromatic N) is 1. The minimum absolute atomic E-state index is 0.0995. The lowest BCUT2D eigenvalue weighted by Gasteiger charge is -2.07. The van der Waals surface area contributed by atoms with Crippen LogP contribution >= 0.6 is 0 Å². The first-order valence-corrected chi connectivity index (χ1v) is 3.49. The molecule has 0 unspecified atom stereocenters. The van der Waals surface area contributed by atoms with Gasteiger partial charge in [-0.1, -0.05) is 0 Å². The van der Waals surface area contributed by atoms with Crippen LogP contribution in [0.15, 0.2) is 10.9 Å². The minimum atomic E-state index is -5.04. The molecule has 0 aliphatic heterocycles. The number of aromatic amines is 1. The summed E-state index contributed by atoms with van der Waals surface area (Å²) in [5.41, 5.74) is 4.03. The quantitative estimate of drug-likeness (QED) is 0.674. The van der Waals surface area contributed by atoms with Crippen molar-refractivity contribution >= 4 is 5.91 Å². The summed E-state index contributed by atoms with van der Waals surface area (Å²) in [6, 6.07) is 0.837. The van der Waals surface area contributed by atoms with E-state index in [1.807, 2.05) is 0 Å². The molecular formula is C6H6F3N3O2. The molecule has 0 radical (unpaired) electrons. The fourth-order valence-corrected chi connectivity index (χ4v) is 0.888. The van der Waals surface area contributed by atoms with Crippen LogP contribution in [-0.2, 0) is 6.54 Å². The van der Waals surface area contributed by atoms with Crippen molar-refractivity contribution in [2.75, 3.05) is 0 Å². The van der Waals surface area contributed by atoms with Gasteiger partial charge in [-0.3, -0.25) is 14.7 Å². The maximum Gasteiger partial charge on any atom is 0.473 e. The van der Waals surface area contributed by atoms with Crippen LogP contribution in [0.1, 0.15) is 10.5 Å². The zero-order valence-corrected chi connectivity index (χ0v) is 6.76. The first-order chi connectivity index (χ1) is 6.36. The number of aromatic nitrogens is 2. The average Bonchev–Trinajstić information content (AvgIpc) is 2.43. The van der Waals surface area contributed by atoms with E-state index in [1.165, 1.54) is 0 Å². The van der Waals surface area contributed by atoms with Gasteiger partial charge in [0.25, 0.3) is 5.56 Å². The van der Waals surface area contributed by atoms with Crippen molar-refractivity contribution in [2.24, 2.45) is 5.73 Å². The Labute approximate surface area is 75.3 Å². The van der Waals surface area contributed by atoms with Crippen LogP contribution in [0, 0.1) is 0 Å². The molecule has 1 aromatic heterocycles. The topological polar surface area (TPSA) is 80.9 Å². The maximum absolute atomic E-state index is 11.9. The highest BCUT2D eigenvalue weighted by molar-refractivity contribution is 5.84. The number of hydrogen-bond acceptors (Lipinski definition) is 3. The number of alkyl halides is 3. The molecule has 0 saturated carbocycles. The van der Waals surface area contributed by atoms with Crippen LogP contribution in [0.25, 0.3) is 0 Å². The standard InChI is InChI=1S/C6H6F3N3O2/c7-6(8,9)5(14)12-3(2-10)1-4(13)11-12/h1H,2,10H2,(H,11,13). The third-order valence-electron chi connectivity index (χ3n) is 1.46. The van der Waals surface area contributed by atoms with Crippen molar-refractivity contribution in [3.8, 4) is 0 Å². The minimum Gasteiger partial charge on any atom is -0.325 e. The smallest absolute Gasteiger partial charge is 0.325 e. The fourth-order valence-electron chi connectivity index (χ4n) is 0.888. The van der Waals surface area contributed by atoms with E-state index in [0.717, 1.165) is 6.07 Å². The van der Waals surface area contributed by atoms with Crippen LogP contribution in [0.3, 0.4) is 0 Å². The van der Waals surface area contributed by atoms with Crippen LogP contribution in [0.4, 0.5) is 13.2 Å². The lowest BCUT2D eigenvalue weighted by atomic mass is 10.4. The van der Waals surface area contributed by atoms with Crippen LogP contribution < -0.4 is 11.3 Å². The van der Waals surface area contributed by atoms with Gasteiger partial charge >= 0.3 is 12.1 Å². The predicted octanol–water partition coefficient (Wildman–Crippen LogP) is -0.162. The molecule has 0 aliphatic rings. The van der Waals surface area contributed by atoms with Gasteiger partial charge in [-0.15, -0.1) is 0 Å². The first kappa shape index (κ1) is 10.5. The molecule has 0 bridgehead atoms. The van der Waals surface area contributed by atoms with Crippen LogP contribution in [0.2, 0.25) is 0 Å². The zero-order valence-electron chi connectivity index (χ0n) is 6.76. The Morgan fingerprint density at radius 2 is 2.14 bits per heavy atom. The molecule has 14 heavy (non-hydrogen) atoms. The molecule has 3 N–H and O–H groups in total. The molecule has 1 rings (SSSR count). The molecule has 0 atom stereocenters. The Hall–Kier alpha value is -1.57. The van der Waals surface area contributed by atoms with Gasteiger partial charge in [-0.2, -0.15) is 13.2 Å². The Morgan fingerprint density at radius 1 is 1.57 bits per heavy atom. The zero-order chi connectivity index (χ0) is 10.9. The normalized spacial score (nSPS) is 11.7. The largest absolute Gasteiger partial charge is 0.473 e.